The van der Waals surface area contributed by atoms with Crippen LogP contribution in [0.3, 0.4) is 0 Å². The molecule has 148 valence electrons. The van der Waals surface area contributed by atoms with Crippen LogP contribution < -0.4 is 0 Å². The molecule has 3 fully saturated rings. The molecular formula is C21H30N2O3S. The molecule has 1 saturated carbocycles. The highest BCUT2D eigenvalue weighted by molar-refractivity contribution is 7.89. The molecule has 0 spiro atoms. The summed E-state index contributed by atoms with van der Waals surface area (Å²) in [6.07, 6.45) is 9.11. The van der Waals surface area contributed by atoms with Crippen LogP contribution in [0.5, 0.6) is 0 Å². The molecule has 1 aliphatic carbocycles. The standard InChI is InChI=1S/C21H30N2O3S/c24-21(22-14-11-17-7-2-3-8-19(17)16-22)18-9-6-10-20(15-18)27(25,26)23-12-4-1-5-13-23/h6,9-10,15,17,19H,1-5,7-8,11-14,16H2/t17-,19-/m1/s1. The molecule has 0 aromatic heterocycles. The van der Waals surface area contributed by atoms with Crippen molar-refractivity contribution in [2.24, 2.45) is 11.8 Å². The summed E-state index contributed by atoms with van der Waals surface area (Å²) in [5.41, 5.74) is 0.502. The zero-order valence-electron chi connectivity index (χ0n) is 16.0. The number of carbonyl (C=O) groups excluding carboxylic acids is 1. The molecule has 0 unspecified atom stereocenters. The van der Waals surface area contributed by atoms with Crippen LogP contribution >= 0.6 is 0 Å². The summed E-state index contributed by atoms with van der Waals surface area (Å²) in [5, 5.41) is 0. The topological polar surface area (TPSA) is 57.7 Å². The van der Waals surface area contributed by atoms with Gasteiger partial charge in [-0.25, -0.2) is 8.42 Å². The molecule has 2 heterocycles. The zero-order valence-corrected chi connectivity index (χ0v) is 16.8. The van der Waals surface area contributed by atoms with E-state index in [1.165, 1.54) is 25.7 Å². The van der Waals surface area contributed by atoms with E-state index in [4.69, 9.17) is 0 Å². The maximum atomic E-state index is 13.0. The molecule has 1 aromatic rings. The quantitative estimate of drug-likeness (QED) is 0.793. The first-order chi connectivity index (χ1) is 13.1. The van der Waals surface area contributed by atoms with E-state index in [1.54, 1.807) is 28.6 Å². The number of likely N-dealkylation sites (tertiary alicyclic amines) is 1. The molecule has 0 bridgehead atoms. The lowest BCUT2D eigenvalue weighted by Gasteiger charge is -2.41. The molecule has 2 saturated heterocycles. The van der Waals surface area contributed by atoms with Crippen molar-refractivity contribution < 1.29 is 13.2 Å². The van der Waals surface area contributed by atoms with Gasteiger partial charge in [0.25, 0.3) is 5.91 Å². The average molecular weight is 391 g/mol. The van der Waals surface area contributed by atoms with E-state index in [0.717, 1.165) is 44.7 Å². The first kappa shape index (κ1) is 18.9. The fourth-order valence-electron chi connectivity index (χ4n) is 5.01. The van der Waals surface area contributed by atoms with Gasteiger partial charge in [0, 0.05) is 31.7 Å². The SMILES string of the molecule is O=C(c1cccc(S(=O)(=O)N2CCCCC2)c1)N1CC[C@H]2CCCC[C@@H]2C1. The molecule has 3 aliphatic rings. The maximum Gasteiger partial charge on any atom is 0.253 e. The van der Waals surface area contributed by atoms with Gasteiger partial charge in [0.15, 0.2) is 0 Å². The van der Waals surface area contributed by atoms with Crippen molar-refractivity contribution in [3.63, 3.8) is 0 Å². The lowest BCUT2D eigenvalue weighted by atomic mass is 9.75. The summed E-state index contributed by atoms with van der Waals surface area (Å²) >= 11 is 0. The fraction of sp³-hybridized carbons (Fsp3) is 0.667. The van der Waals surface area contributed by atoms with Crippen molar-refractivity contribution in [1.29, 1.82) is 0 Å². The van der Waals surface area contributed by atoms with Gasteiger partial charge in [-0.1, -0.05) is 31.7 Å². The Balaban J connectivity index is 1.51. The molecule has 0 radical (unpaired) electrons. The number of nitrogens with zero attached hydrogens (tertiary/aromatic N) is 2. The molecule has 5 nitrogen and oxygen atoms in total. The van der Waals surface area contributed by atoms with E-state index < -0.39 is 10.0 Å². The van der Waals surface area contributed by atoms with E-state index in [2.05, 4.69) is 0 Å². The number of sulfonamides is 1. The van der Waals surface area contributed by atoms with Crippen molar-refractivity contribution in [2.75, 3.05) is 26.2 Å². The van der Waals surface area contributed by atoms with Crippen LogP contribution in [-0.2, 0) is 10.0 Å². The number of carbonyl (C=O) groups is 1. The third-order valence-corrected chi connectivity index (χ3v) is 8.51. The minimum atomic E-state index is -3.51. The Morgan fingerprint density at radius 3 is 2.41 bits per heavy atom. The van der Waals surface area contributed by atoms with E-state index >= 15 is 0 Å². The number of hydrogen-bond donors (Lipinski definition) is 0. The minimum absolute atomic E-state index is 0.0188. The number of hydrogen-bond acceptors (Lipinski definition) is 3. The van der Waals surface area contributed by atoms with Gasteiger partial charge in [-0.3, -0.25) is 4.79 Å². The monoisotopic (exact) mass is 390 g/mol. The predicted octanol–water partition coefficient (Wildman–Crippen LogP) is 3.51. The number of rotatable bonds is 3. The third-order valence-electron chi connectivity index (χ3n) is 6.61. The summed E-state index contributed by atoms with van der Waals surface area (Å²) in [4.78, 5) is 15.2. The molecule has 6 heteroatoms. The molecule has 27 heavy (non-hydrogen) atoms. The first-order valence-corrected chi connectivity index (χ1v) is 11.9. The van der Waals surface area contributed by atoms with E-state index in [-0.39, 0.29) is 10.8 Å². The first-order valence-electron chi connectivity index (χ1n) is 10.5. The highest BCUT2D eigenvalue weighted by atomic mass is 32.2. The molecule has 0 N–H and O–H groups in total. The van der Waals surface area contributed by atoms with Crippen molar-refractivity contribution in [2.45, 2.75) is 56.3 Å². The molecule has 1 amide bonds. The van der Waals surface area contributed by atoms with Gasteiger partial charge in [-0.05, 0) is 55.7 Å². The number of amides is 1. The second-order valence-corrected chi connectivity index (χ2v) is 10.3. The van der Waals surface area contributed by atoms with Gasteiger partial charge >= 0.3 is 0 Å². The molecule has 1 aromatic carbocycles. The van der Waals surface area contributed by atoms with Gasteiger partial charge in [0.2, 0.25) is 10.0 Å². The van der Waals surface area contributed by atoms with Crippen LogP contribution in [0, 0.1) is 11.8 Å². The second-order valence-electron chi connectivity index (χ2n) is 8.34. The highest BCUT2D eigenvalue weighted by Gasteiger charge is 2.33. The van der Waals surface area contributed by atoms with Gasteiger partial charge in [0.1, 0.15) is 0 Å². The normalized spacial score (nSPS) is 27.2. The molecule has 4 rings (SSSR count). The van der Waals surface area contributed by atoms with Crippen LogP contribution in [0.15, 0.2) is 29.2 Å². The maximum absolute atomic E-state index is 13.0. The Morgan fingerprint density at radius 2 is 1.63 bits per heavy atom. The highest BCUT2D eigenvalue weighted by Crippen LogP contribution is 2.36. The van der Waals surface area contributed by atoms with Gasteiger partial charge in [-0.15, -0.1) is 0 Å². The Kier molecular flexibility index (Phi) is 5.55. The lowest BCUT2D eigenvalue weighted by molar-refractivity contribution is 0.0520. The molecule has 2 atom stereocenters. The fourth-order valence-corrected chi connectivity index (χ4v) is 6.58. The van der Waals surface area contributed by atoms with Gasteiger partial charge in [0.05, 0.1) is 4.90 Å². The van der Waals surface area contributed by atoms with E-state index in [1.807, 2.05) is 4.90 Å². The van der Waals surface area contributed by atoms with Crippen molar-refractivity contribution >= 4 is 15.9 Å². The summed E-state index contributed by atoms with van der Waals surface area (Å²) in [6.45, 7) is 2.78. The summed E-state index contributed by atoms with van der Waals surface area (Å²) < 4.78 is 27.4. The molecular weight excluding hydrogens is 360 g/mol. The minimum Gasteiger partial charge on any atom is -0.338 e. The summed E-state index contributed by atoms with van der Waals surface area (Å²) in [7, 11) is -3.51. The van der Waals surface area contributed by atoms with Crippen molar-refractivity contribution in [3.8, 4) is 0 Å². The Labute approximate surface area is 162 Å². The van der Waals surface area contributed by atoms with Crippen LogP contribution in [0.2, 0.25) is 0 Å². The van der Waals surface area contributed by atoms with Crippen molar-refractivity contribution in [1.82, 2.24) is 9.21 Å². The second kappa shape index (κ2) is 7.92. The Hall–Kier alpha value is -1.40. The predicted molar refractivity (Wildman–Crippen MR) is 105 cm³/mol. The van der Waals surface area contributed by atoms with Crippen LogP contribution in [0.1, 0.15) is 61.7 Å². The Morgan fingerprint density at radius 1 is 0.889 bits per heavy atom. The van der Waals surface area contributed by atoms with Crippen LogP contribution in [-0.4, -0.2) is 49.7 Å². The summed E-state index contributed by atoms with van der Waals surface area (Å²) in [5.74, 6) is 1.38. The summed E-state index contributed by atoms with van der Waals surface area (Å²) in [6, 6.07) is 6.66. The Bertz CT molecular complexity index is 786. The van der Waals surface area contributed by atoms with Crippen molar-refractivity contribution in [3.05, 3.63) is 29.8 Å². The largest absolute Gasteiger partial charge is 0.338 e. The third kappa shape index (κ3) is 3.92. The number of benzene rings is 1. The zero-order chi connectivity index (χ0) is 18.9. The van der Waals surface area contributed by atoms with E-state index in [9.17, 15) is 13.2 Å². The van der Waals surface area contributed by atoms with Gasteiger partial charge in [-0.2, -0.15) is 4.31 Å². The number of piperidine rings is 2. The van der Waals surface area contributed by atoms with E-state index in [0.29, 0.717) is 24.6 Å². The lowest BCUT2D eigenvalue weighted by Crippen LogP contribution is -2.44. The smallest absolute Gasteiger partial charge is 0.253 e. The number of fused-ring (bicyclic) bond motifs is 1. The molecule has 2 aliphatic heterocycles. The van der Waals surface area contributed by atoms with Gasteiger partial charge < -0.3 is 4.90 Å². The van der Waals surface area contributed by atoms with Crippen LogP contribution in [0.25, 0.3) is 0 Å². The van der Waals surface area contributed by atoms with Crippen LogP contribution in [0.4, 0.5) is 0 Å². The average Bonchev–Trinajstić information content (AvgIpc) is 2.73.